The zero-order chi connectivity index (χ0) is 19.6. The second-order valence-corrected chi connectivity index (χ2v) is 9.23. The number of anilines is 1. The van der Waals surface area contributed by atoms with Gasteiger partial charge < -0.3 is 9.64 Å². The molecule has 0 atom stereocenters. The van der Waals surface area contributed by atoms with E-state index in [0.29, 0.717) is 36.9 Å². The Morgan fingerprint density at radius 2 is 1.68 bits per heavy atom. The molecule has 2 aromatic rings. The number of hydrogen-bond acceptors (Lipinski definition) is 6. The van der Waals surface area contributed by atoms with Gasteiger partial charge in [0.25, 0.3) is 0 Å². The van der Waals surface area contributed by atoms with Crippen LogP contribution in [0.3, 0.4) is 0 Å². The largest absolute Gasteiger partial charge is 0.379 e. The first-order chi connectivity index (χ1) is 13.6. The summed E-state index contributed by atoms with van der Waals surface area (Å²) in [6.07, 6.45) is 3.64. The number of aromatic nitrogens is 2. The summed E-state index contributed by atoms with van der Waals surface area (Å²) in [5.74, 6) is 0.886. The highest BCUT2D eigenvalue weighted by Gasteiger charge is 2.28. The molecule has 150 valence electrons. The molecule has 0 aliphatic carbocycles. The third-order valence-corrected chi connectivity index (χ3v) is 7.44. The van der Waals surface area contributed by atoms with Crippen LogP contribution >= 0.6 is 0 Å². The van der Waals surface area contributed by atoms with Crippen molar-refractivity contribution in [2.24, 2.45) is 0 Å². The van der Waals surface area contributed by atoms with E-state index in [0.717, 1.165) is 30.0 Å². The highest BCUT2D eigenvalue weighted by Crippen LogP contribution is 2.27. The summed E-state index contributed by atoms with van der Waals surface area (Å²) in [5, 5.41) is 8.75. The van der Waals surface area contributed by atoms with E-state index in [2.05, 4.69) is 15.1 Å². The molecule has 1 aromatic carbocycles. The molecule has 8 heteroatoms. The molecule has 0 saturated carbocycles. The Kier molecular flexibility index (Phi) is 5.61. The van der Waals surface area contributed by atoms with E-state index >= 15 is 0 Å². The lowest BCUT2D eigenvalue weighted by Crippen LogP contribution is -2.40. The maximum absolute atomic E-state index is 13.1. The molecule has 0 unspecified atom stereocenters. The van der Waals surface area contributed by atoms with Crippen LogP contribution in [-0.4, -0.2) is 62.3 Å². The topological polar surface area (TPSA) is 75.6 Å². The van der Waals surface area contributed by atoms with Crippen LogP contribution in [0.4, 0.5) is 5.82 Å². The van der Waals surface area contributed by atoms with Gasteiger partial charge in [0.1, 0.15) is 0 Å². The summed E-state index contributed by atoms with van der Waals surface area (Å²) in [6.45, 7) is 5.48. The van der Waals surface area contributed by atoms with Gasteiger partial charge >= 0.3 is 0 Å². The minimum atomic E-state index is -3.55. The number of rotatable bonds is 4. The maximum Gasteiger partial charge on any atom is 0.243 e. The molecule has 2 aliphatic heterocycles. The van der Waals surface area contributed by atoms with Crippen LogP contribution in [0.15, 0.2) is 35.2 Å². The van der Waals surface area contributed by atoms with Crippen molar-refractivity contribution in [1.82, 2.24) is 14.5 Å². The fourth-order valence-electron chi connectivity index (χ4n) is 3.73. The van der Waals surface area contributed by atoms with Gasteiger partial charge in [0.05, 0.1) is 23.8 Å². The Morgan fingerprint density at radius 3 is 2.36 bits per heavy atom. The van der Waals surface area contributed by atoms with Gasteiger partial charge in [-0.25, -0.2) is 8.42 Å². The summed E-state index contributed by atoms with van der Waals surface area (Å²) in [6, 6.07) is 9.35. The molecule has 0 amide bonds. The summed E-state index contributed by atoms with van der Waals surface area (Å²) in [7, 11) is -3.55. The molecule has 28 heavy (non-hydrogen) atoms. The predicted molar refractivity (Wildman–Crippen MR) is 108 cm³/mol. The van der Waals surface area contributed by atoms with Crippen LogP contribution in [0, 0.1) is 6.92 Å². The molecule has 3 heterocycles. The number of nitrogens with zero attached hydrogens (tertiary/aromatic N) is 4. The van der Waals surface area contributed by atoms with Gasteiger partial charge in [-0.1, -0.05) is 12.1 Å². The van der Waals surface area contributed by atoms with Gasteiger partial charge in [0, 0.05) is 31.7 Å². The zero-order valence-electron chi connectivity index (χ0n) is 16.2. The Labute approximate surface area is 166 Å². The number of benzene rings is 1. The Morgan fingerprint density at radius 1 is 0.929 bits per heavy atom. The Balaban J connectivity index is 1.61. The van der Waals surface area contributed by atoms with Gasteiger partial charge in [-0.15, -0.1) is 10.2 Å². The molecule has 0 radical (unpaired) electrons. The average Bonchev–Trinajstić information content (AvgIpc) is 2.75. The van der Waals surface area contributed by atoms with E-state index < -0.39 is 10.0 Å². The lowest BCUT2D eigenvalue weighted by molar-refractivity contribution is 0.0730. The summed E-state index contributed by atoms with van der Waals surface area (Å²) < 4.78 is 32.9. The fourth-order valence-corrected chi connectivity index (χ4v) is 5.39. The lowest BCUT2D eigenvalue weighted by Gasteiger charge is -2.27. The summed E-state index contributed by atoms with van der Waals surface area (Å²) >= 11 is 0. The molecule has 1 aromatic heterocycles. The second-order valence-electron chi connectivity index (χ2n) is 7.32. The van der Waals surface area contributed by atoms with Crippen molar-refractivity contribution in [2.75, 3.05) is 44.3 Å². The molecular formula is C20H26N4O3S. The van der Waals surface area contributed by atoms with Crippen molar-refractivity contribution in [1.29, 1.82) is 0 Å². The van der Waals surface area contributed by atoms with E-state index in [1.165, 1.54) is 23.6 Å². The quantitative estimate of drug-likeness (QED) is 0.782. The first-order valence-corrected chi connectivity index (χ1v) is 11.3. The summed E-state index contributed by atoms with van der Waals surface area (Å²) in [4.78, 5) is 2.58. The summed E-state index contributed by atoms with van der Waals surface area (Å²) in [5.41, 5.74) is 2.17. The van der Waals surface area contributed by atoms with Crippen LogP contribution in [0.5, 0.6) is 0 Å². The monoisotopic (exact) mass is 402 g/mol. The molecule has 0 bridgehead atoms. The Hall–Kier alpha value is -2.03. The number of aryl methyl sites for hydroxylation is 1. The van der Waals surface area contributed by atoms with E-state index in [9.17, 15) is 8.42 Å². The van der Waals surface area contributed by atoms with Crippen LogP contribution < -0.4 is 4.90 Å². The molecule has 0 spiro atoms. The average molecular weight is 403 g/mol. The fraction of sp³-hybridized carbons (Fsp3) is 0.500. The van der Waals surface area contributed by atoms with E-state index in [4.69, 9.17) is 4.74 Å². The lowest BCUT2D eigenvalue weighted by atomic mass is 10.1. The molecule has 2 fully saturated rings. The first kappa shape index (κ1) is 19.3. The second kappa shape index (κ2) is 8.14. The van der Waals surface area contributed by atoms with Crippen molar-refractivity contribution in [2.45, 2.75) is 31.1 Å². The van der Waals surface area contributed by atoms with E-state index in [-0.39, 0.29) is 0 Å². The van der Waals surface area contributed by atoms with Gasteiger partial charge in [0.2, 0.25) is 10.0 Å². The number of hydrogen-bond donors (Lipinski definition) is 0. The van der Waals surface area contributed by atoms with Crippen molar-refractivity contribution in [3.05, 3.63) is 35.9 Å². The van der Waals surface area contributed by atoms with Gasteiger partial charge in [0.15, 0.2) is 5.82 Å². The Bertz CT molecular complexity index is 919. The van der Waals surface area contributed by atoms with Crippen LogP contribution in [0.25, 0.3) is 11.3 Å². The molecule has 7 nitrogen and oxygen atoms in total. The van der Waals surface area contributed by atoms with Crippen LogP contribution in [0.1, 0.15) is 24.8 Å². The van der Waals surface area contributed by atoms with Crippen LogP contribution in [0.2, 0.25) is 0 Å². The smallest absolute Gasteiger partial charge is 0.243 e. The molecular weight excluding hydrogens is 376 g/mol. The predicted octanol–water partition coefficient (Wildman–Crippen LogP) is 2.46. The SMILES string of the molecule is Cc1ccc(-c2ccc(N3CCCCC3)nn2)cc1S(=O)(=O)N1CCOCC1. The first-order valence-electron chi connectivity index (χ1n) is 9.83. The number of ether oxygens (including phenoxy) is 1. The number of piperidine rings is 1. The molecule has 0 N–H and O–H groups in total. The third-order valence-electron chi connectivity index (χ3n) is 5.40. The van der Waals surface area contributed by atoms with Gasteiger partial charge in [-0.2, -0.15) is 4.31 Å². The van der Waals surface area contributed by atoms with Crippen molar-refractivity contribution < 1.29 is 13.2 Å². The van der Waals surface area contributed by atoms with E-state index in [1.54, 1.807) is 6.07 Å². The van der Waals surface area contributed by atoms with Crippen molar-refractivity contribution >= 4 is 15.8 Å². The standard InChI is InChI=1S/C20H26N4O3S/c1-16-5-6-17(15-19(16)28(25,26)24-11-13-27-14-12-24)18-7-8-20(22-21-18)23-9-3-2-4-10-23/h5-8,15H,2-4,9-14H2,1H3. The number of morpholine rings is 1. The highest BCUT2D eigenvalue weighted by atomic mass is 32.2. The molecule has 4 rings (SSSR count). The minimum absolute atomic E-state index is 0.328. The van der Waals surface area contributed by atoms with Crippen molar-refractivity contribution in [3.63, 3.8) is 0 Å². The van der Waals surface area contributed by atoms with E-state index in [1.807, 2.05) is 31.2 Å². The van der Waals surface area contributed by atoms with Gasteiger partial charge in [-0.05, 0) is 49.9 Å². The third kappa shape index (κ3) is 3.90. The van der Waals surface area contributed by atoms with Gasteiger partial charge in [-0.3, -0.25) is 0 Å². The van der Waals surface area contributed by atoms with Crippen LogP contribution in [-0.2, 0) is 14.8 Å². The minimum Gasteiger partial charge on any atom is -0.379 e. The zero-order valence-corrected chi connectivity index (χ0v) is 17.0. The van der Waals surface area contributed by atoms with Crippen molar-refractivity contribution in [3.8, 4) is 11.3 Å². The normalized spacial score (nSPS) is 19.0. The highest BCUT2D eigenvalue weighted by molar-refractivity contribution is 7.89. The molecule has 2 saturated heterocycles. The number of sulfonamides is 1. The maximum atomic E-state index is 13.1. The molecule has 2 aliphatic rings.